The van der Waals surface area contributed by atoms with Crippen molar-refractivity contribution in [3.63, 3.8) is 0 Å². The second kappa shape index (κ2) is 10.2. The summed E-state index contributed by atoms with van der Waals surface area (Å²) in [6, 6.07) is 17.1. The van der Waals surface area contributed by atoms with E-state index in [4.69, 9.17) is 11.6 Å². The summed E-state index contributed by atoms with van der Waals surface area (Å²) in [5.74, 6) is -2.06. The predicted octanol–water partition coefficient (Wildman–Crippen LogP) is 6.30. The fourth-order valence-electron chi connectivity index (χ4n) is 4.03. The second-order valence-corrected chi connectivity index (χ2v) is 9.65. The lowest BCUT2D eigenvalue weighted by Gasteiger charge is -2.12. The van der Waals surface area contributed by atoms with Crippen LogP contribution in [0.25, 0.3) is 17.0 Å². The Morgan fingerprint density at radius 2 is 1.76 bits per heavy atom. The Balaban J connectivity index is 1.39. The molecule has 2 heterocycles. The fraction of sp³-hybridized carbons (Fsp3) is 0.0741. The van der Waals surface area contributed by atoms with Gasteiger partial charge in [0.1, 0.15) is 18.2 Å². The maximum Gasteiger partial charge on any atom is 0.294 e. The van der Waals surface area contributed by atoms with Crippen molar-refractivity contribution < 1.29 is 23.2 Å². The molecule has 37 heavy (non-hydrogen) atoms. The molecule has 3 aromatic carbocycles. The van der Waals surface area contributed by atoms with Crippen molar-refractivity contribution in [2.24, 2.45) is 0 Å². The molecule has 1 aliphatic rings. The van der Waals surface area contributed by atoms with Crippen molar-refractivity contribution in [1.82, 2.24) is 9.47 Å². The van der Waals surface area contributed by atoms with E-state index in [2.05, 4.69) is 5.32 Å². The Kier molecular flexibility index (Phi) is 6.82. The van der Waals surface area contributed by atoms with E-state index in [1.807, 2.05) is 28.8 Å². The molecule has 1 N–H and O–H groups in total. The zero-order valence-electron chi connectivity index (χ0n) is 19.1. The molecule has 10 heteroatoms. The number of carbonyl (C=O) groups is 3. The molecule has 0 bridgehead atoms. The highest BCUT2D eigenvalue weighted by Crippen LogP contribution is 2.34. The molecule has 3 amide bonds. The average molecular weight is 538 g/mol. The van der Waals surface area contributed by atoms with Gasteiger partial charge in [0.05, 0.1) is 11.4 Å². The molecule has 5 rings (SSSR count). The molecule has 1 aliphatic heterocycles. The Morgan fingerprint density at radius 3 is 2.51 bits per heavy atom. The van der Waals surface area contributed by atoms with Crippen LogP contribution in [0.2, 0.25) is 5.02 Å². The standard InChI is InChI=1S/C27H18ClF2N3O3S/c28-21-5-3-6-22(30)20(21)14-32-13-16(19-4-1-2-7-23(19)32)12-24-26(35)33(27(36)37-24)15-25(34)31-18-10-8-17(29)9-11-18/h1-13H,14-15H2,(H,31,34)/b24-12-. The number of aromatic nitrogens is 1. The number of para-hydroxylation sites is 1. The number of hydrogen-bond acceptors (Lipinski definition) is 4. The van der Waals surface area contributed by atoms with Crippen LogP contribution in [0.3, 0.4) is 0 Å². The van der Waals surface area contributed by atoms with Crippen LogP contribution in [0, 0.1) is 11.6 Å². The minimum Gasteiger partial charge on any atom is -0.342 e. The van der Waals surface area contributed by atoms with Crippen LogP contribution >= 0.6 is 23.4 Å². The van der Waals surface area contributed by atoms with Gasteiger partial charge in [-0.25, -0.2) is 8.78 Å². The summed E-state index contributed by atoms with van der Waals surface area (Å²) in [6.07, 6.45) is 3.35. The normalized spacial score (nSPS) is 14.7. The quantitative estimate of drug-likeness (QED) is 0.293. The number of thioether (sulfide) groups is 1. The van der Waals surface area contributed by atoms with E-state index in [1.165, 1.54) is 36.4 Å². The number of imide groups is 1. The molecule has 0 atom stereocenters. The molecule has 1 saturated heterocycles. The van der Waals surface area contributed by atoms with E-state index in [9.17, 15) is 23.2 Å². The fourth-order valence-corrected chi connectivity index (χ4v) is 5.08. The summed E-state index contributed by atoms with van der Waals surface area (Å²) < 4.78 is 29.3. The van der Waals surface area contributed by atoms with Crippen molar-refractivity contribution in [1.29, 1.82) is 0 Å². The number of rotatable bonds is 6. The van der Waals surface area contributed by atoms with E-state index >= 15 is 0 Å². The van der Waals surface area contributed by atoms with Gasteiger partial charge in [-0.3, -0.25) is 19.3 Å². The maximum atomic E-state index is 14.4. The van der Waals surface area contributed by atoms with E-state index in [1.54, 1.807) is 18.3 Å². The molecule has 0 unspecified atom stereocenters. The summed E-state index contributed by atoms with van der Waals surface area (Å²) >= 11 is 6.95. The Bertz CT molecular complexity index is 1560. The first-order valence-corrected chi connectivity index (χ1v) is 12.3. The lowest BCUT2D eigenvalue weighted by atomic mass is 10.1. The van der Waals surface area contributed by atoms with E-state index in [0.29, 0.717) is 21.8 Å². The van der Waals surface area contributed by atoms with Crippen molar-refractivity contribution >= 4 is 63.1 Å². The van der Waals surface area contributed by atoms with Crippen molar-refractivity contribution in [3.8, 4) is 0 Å². The molecule has 0 spiro atoms. The van der Waals surface area contributed by atoms with Crippen LogP contribution in [0.5, 0.6) is 0 Å². The number of carbonyl (C=O) groups excluding carboxylic acids is 3. The highest BCUT2D eigenvalue weighted by molar-refractivity contribution is 8.18. The first-order chi connectivity index (χ1) is 17.8. The lowest BCUT2D eigenvalue weighted by Crippen LogP contribution is -2.36. The largest absolute Gasteiger partial charge is 0.342 e. The predicted molar refractivity (Wildman–Crippen MR) is 140 cm³/mol. The van der Waals surface area contributed by atoms with Crippen LogP contribution in [0.15, 0.2) is 77.8 Å². The number of anilines is 1. The number of fused-ring (bicyclic) bond motifs is 1. The van der Waals surface area contributed by atoms with Gasteiger partial charge in [-0.15, -0.1) is 0 Å². The highest BCUT2D eigenvalue weighted by atomic mass is 35.5. The molecular formula is C27H18ClF2N3O3S. The summed E-state index contributed by atoms with van der Waals surface area (Å²) in [5.41, 5.74) is 2.14. The van der Waals surface area contributed by atoms with Crippen molar-refractivity contribution in [3.05, 3.63) is 106 Å². The number of nitrogens with one attached hydrogen (secondary N) is 1. The Labute approximate surface area is 219 Å². The Morgan fingerprint density at radius 1 is 1.00 bits per heavy atom. The summed E-state index contributed by atoms with van der Waals surface area (Å²) in [4.78, 5) is 38.9. The first-order valence-electron chi connectivity index (χ1n) is 11.1. The number of amides is 3. The van der Waals surface area contributed by atoms with Gasteiger partial charge in [-0.05, 0) is 60.3 Å². The molecule has 0 saturated carbocycles. The molecule has 1 fully saturated rings. The first kappa shape index (κ1) is 24.7. The molecule has 0 aliphatic carbocycles. The average Bonchev–Trinajstić information content (AvgIpc) is 3.35. The zero-order chi connectivity index (χ0) is 26.1. The molecule has 0 radical (unpaired) electrons. The molecule has 6 nitrogen and oxygen atoms in total. The number of nitrogens with zero attached hydrogens (tertiary/aromatic N) is 2. The monoisotopic (exact) mass is 537 g/mol. The van der Waals surface area contributed by atoms with Crippen LogP contribution < -0.4 is 5.32 Å². The number of benzene rings is 3. The summed E-state index contributed by atoms with van der Waals surface area (Å²) in [7, 11) is 0. The van der Waals surface area contributed by atoms with Gasteiger partial charge in [-0.1, -0.05) is 35.9 Å². The minimum atomic E-state index is -0.599. The van der Waals surface area contributed by atoms with Crippen LogP contribution in [0.4, 0.5) is 19.3 Å². The molecule has 186 valence electrons. The molecular weight excluding hydrogens is 520 g/mol. The SMILES string of the molecule is O=C(CN1C(=O)S/C(=C\c2cn(Cc3c(F)cccc3Cl)c3ccccc23)C1=O)Nc1ccc(F)cc1. The van der Waals surface area contributed by atoms with Gasteiger partial charge in [0.15, 0.2) is 0 Å². The molecule has 1 aromatic heterocycles. The van der Waals surface area contributed by atoms with Gasteiger partial charge >= 0.3 is 0 Å². The van der Waals surface area contributed by atoms with Gasteiger partial charge in [0, 0.05) is 38.9 Å². The van der Waals surface area contributed by atoms with Gasteiger partial charge in [0.25, 0.3) is 11.1 Å². The van der Waals surface area contributed by atoms with Gasteiger partial charge < -0.3 is 9.88 Å². The minimum absolute atomic E-state index is 0.159. The third kappa shape index (κ3) is 5.14. The van der Waals surface area contributed by atoms with Crippen LogP contribution in [-0.4, -0.2) is 33.1 Å². The van der Waals surface area contributed by atoms with Gasteiger partial charge in [0.2, 0.25) is 5.91 Å². The summed E-state index contributed by atoms with van der Waals surface area (Å²) in [5, 5.41) is 3.07. The second-order valence-electron chi connectivity index (χ2n) is 8.25. The highest BCUT2D eigenvalue weighted by Gasteiger charge is 2.36. The van der Waals surface area contributed by atoms with Gasteiger partial charge in [-0.2, -0.15) is 0 Å². The van der Waals surface area contributed by atoms with Crippen molar-refractivity contribution in [2.45, 2.75) is 6.54 Å². The third-order valence-corrected chi connectivity index (χ3v) is 7.06. The summed E-state index contributed by atoms with van der Waals surface area (Å²) in [6.45, 7) is -0.308. The van der Waals surface area contributed by atoms with Crippen LogP contribution in [-0.2, 0) is 16.1 Å². The third-order valence-electron chi connectivity index (χ3n) is 5.80. The Hall–Kier alpha value is -3.95. The van der Waals surface area contributed by atoms with E-state index < -0.39 is 35.2 Å². The maximum absolute atomic E-state index is 14.4. The van der Waals surface area contributed by atoms with Crippen molar-refractivity contribution in [2.75, 3.05) is 11.9 Å². The smallest absolute Gasteiger partial charge is 0.294 e. The van der Waals surface area contributed by atoms with E-state index in [-0.39, 0.29) is 11.4 Å². The topological polar surface area (TPSA) is 71.4 Å². The zero-order valence-corrected chi connectivity index (χ0v) is 20.7. The number of hydrogen-bond donors (Lipinski definition) is 1. The van der Waals surface area contributed by atoms with Crippen LogP contribution in [0.1, 0.15) is 11.1 Å². The molecule has 4 aromatic rings. The van der Waals surface area contributed by atoms with E-state index in [0.717, 1.165) is 27.6 Å². The number of halogens is 3. The lowest BCUT2D eigenvalue weighted by molar-refractivity contribution is -0.127.